The summed E-state index contributed by atoms with van der Waals surface area (Å²) in [6.45, 7) is 4.05. The number of hydrogen-bond acceptors (Lipinski definition) is 4. The molecule has 4 nitrogen and oxygen atoms in total. The van der Waals surface area contributed by atoms with Gasteiger partial charge in [-0.2, -0.15) is 0 Å². The lowest BCUT2D eigenvalue weighted by Crippen LogP contribution is -2.05. The molecule has 0 unspecified atom stereocenters. The zero-order valence-electron chi connectivity index (χ0n) is 12.0. The lowest BCUT2D eigenvalue weighted by Gasteiger charge is -2.09. The van der Waals surface area contributed by atoms with Crippen LogP contribution in [0.3, 0.4) is 0 Å². The second-order valence-electron chi connectivity index (χ2n) is 5.06. The molecule has 0 saturated heterocycles. The van der Waals surface area contributed by atoms with Crippen LogP contribution >= 0.6 is 11.3 Å². The van der Waals surface area contributed by atoms with Gasteiger partial charge in [-0.15, -0.1) is 11.3 Å². The molecule has 5 heteroatoms. The van der Waals surface area contributed by atoms with Gasteiger partial charge in [-0.1, -0.05) is 6.08 Å². The smallest absolute Gasteiger partial charge is 0.180 e. The lowest BCUT2D eigenvalue weighted by atomic mass is 10.1. The highest BCUT2D eigenvalue weighted by Crippen LogP contribution is 2.26. The van der Waals surface area contributed by atoms with E-state index >= 15 is 0 Å². The number of anilines is 1. The van der Waals surface area contributed by atoms with Gasteiger partial charge in [0.05, 0.1) is 11.8 Å². The molecule has 1 aromatic carbocycles. The van der Waals surface area contributed by atoms with Crippen molar-refractivity contribution in [1.29, 1.82) is 0 Å². The van der Waals surface area contributed by atoms with Crippen molar-refractivity contribution in [1.82, 2.24) is 9.97 Å². The Labute approximate surface area is 127 Å². The van der Waals surface area contributed by atoms with E-state index in [1.54, 1.807) is 0 Å². The van der Waals surface area contributed by atoms with E-state index in [2.05, 4.69) is 16.0 Å². The summed E-state index contributed by atoms with van der Waals surface area (Å²) in [5, 5.41) is 3.65. The Hall–Kier alpha value is -2.27. The third-order valence-corrected chi connectivity index (χ3v) is 3.72. The van der Waals surface area contributed by atoms with E-state index in [0.717, 1.165) is 27.9 Å². The number of nitrogens with two attached hydrogens (primary N) is 1. The number of hydrogen-bond donors (Lipinski definition) is 2. The summed E-state index contributed by atoms with van der Waals surface area (Å²) in [4.78, 5) is 7.48. The van der Waals surface area contributed by atoms with E-state index in [1.165, 1.54) is 11.3 Å². The van der Waals surface area contributed by atoms with Crippen LogP contribution in [0, 0.1) is 0 Å². The first-order valence-electron chi connectivity index (χ1n) is 6.78. The second kappa shape index (κ2) is 5.61. The summed E-state index contributed by atoms with van der Waals surface area (Å²) in [7, 11) is 0. The van der Waals surface area contributed by atoms with Crippen molar-refractivity contribution in [3.63, 3.8) is 0 Å². The Morgan fingerprint density at radius 3 is 2.90 bits per heavy atom. The summed E-state index contributed by atoms with van der Waals surface area (Å²) >= 11 is 1.44. The summed E-state index contributed by atoms with van der Waals surface area (Å²) in [6.07, 6.45) is 6.15. The number of nitrogen functional groups attached to an aromatic ring is 1. The molecular formula is C16H17N3OS. The Morgan fingerprint density at radius 1 is 1.33 bits per heavy atom. The van der Waals surface area contributed by atoms with Crippen LogP contribution in [0.25, 0.3) is 23.1 Å². The minimum absolute atomic E-state index is 0.165. The van der Waals surface area contributed by atoms with Gasteiger partial charge in [0.25, 0.3) is 0 Å². The molecular weight excluding hydrogens is 282 g/mol. The van der Waals surface area contributed by atoms with Gasteiger partial charge in [-0.3, -0.25) is 0 Å². The van der Waals surface area contributed by atoms with Gasteiger partial charge in [0.15, 0.2) is 5.13 Å². The predicted octanol–water partition coefficient (Wildman–Crippen LogP) is 4.16. The average Bonchev–Trinajstić information content (AvgIpc) is 3.02. The largest absolute Gasteiger partial charge is 0.491 e. The van der Waals surface area contributed by atoms with Crippen LogP contribution in [0.1, 0.15) is 25.1 Å². The van der Waals surface area contributed by atoms with Crippen molar-refractivity contribution in [2.75, 3.05) is 5.73 Å². The van der Waals surface area contributed by atoms with Crippen LogP contribution in [0.15, 0.2) is 29.8 Å². The predicted molar refractivity (Wildman–Crippen MR) is 89.5 cm³/mol. The monoisotopic (exact) mass is 299 g/mol. The minimum Gasteiger partial charge on any atom is -0.491 e. The molecule has 0 aliphatic carbocycles. The minimum atomic E-state index is 0.165. The zero-order valence-corrected chi connectivity index (χ0v) is 12.8. The van der Waals surface area contributed by atoms with Crippen molar-refractivity contribution in [2.45, 2.75) is 20.0 Å². The van der Waals surface area contributed by atoms with Gasteiger partial charge < -0.3 is 15.5 Å². The molecule has 0 amide bonds. The molecule has 0 aliphatic rings. The van der Waals surface area contributed by atoms with Crippen LogP contribution < -0.4 is 10.5 Å². The van der Waals surface area contributed by atoms with E-state index in [9.17, 15) is 0 Å². The fourth-order valence-corrected chi connectivity index (χ4v) is 2.69. The Morgan fingerprint density at radius 2 is 2.19 bits per heavy atom. The maximum Gasteiger partial charge on any atom is 0.180 e. The molecule has 0 radical (unpaired) electrons. The number of nitrogens with one attached hydrogen (secondary N) is 1. The first-order chi connectivity index (χ1) is 10.1. The summed E-state index contributed by atoms with van der Waals surface area (Å²) in [6, 6.07) is 6.07. The Bertz CT molecular complexity index is 786. The topological polar surface area (TPSA) is 63.9 Å². The summed E-state index contributed by atoms with van der Waals surface area (Å²) in [5.41, 5.74) is 8.70. The molecule has 3 rings (SSSR count). The molecule has 0 saturated carbocycles. The van der Waals surface area contributed by atoms with Gasteiger partial charge >= 0.3 is 0 Å². The van der Waals surface area contributed by atoms with E-state index in [0.29, 0.717) is 5.13 Å². The molecule has 3 N–H and O–H groups in total. The summed E-state index contributed by atoms with van der Waals surface area (Å²) < 4.78 is 5.75. The Balaban J connectivity index is 1.92. The molecule has 0 atom stereocenters. The van der Waals surface area contributed by atoms with Crippen LogP contribution in [-0.2, 0) is 0 Å². The number of H-pyrrole nitrogens is 1. The van der Waals surface area contributed by atoms with Crippen molar-refractivity contribution in [3.05, 3.63) is 41.0 Å². The third-order valence-electron chi connectivity index (χ3n) is 3.03. The van der Waals surface area contributed by atoms with Gasteiger partial charge in [0.2, 0.25) is 0 Å². The molecule has 0 bridgehead atoms. The second-order valence-corrected chi connectivity index (χ2v) is 5.95. The quantitative estimate of drug-likeness (QED) is 0.760. The molecule has 0 spiro atoms. The first kappa shape index (κ1) is 13.7. The standard InChI is InChI=1S/C16H17N3OS/c1-10(2)20-13-5-6-15-14(7-13)11(8-18-15)3-4-12-9-21-16(17)19-12/h3-10,18H,1-2H3,(H2,17,19)/b4-3+. The van der Waals surface area contributed by atoms with E-state index in [1.807, 2.05) is 49.7 Å². The maximum absolute atomic E-state index is 5.75. The molecule has 21 heavy (non-hydrogen) atoms. The maximum atomic E-state index is 5.75. The van der Waals surface area contributed by atoms with Crippen LogP contribution in [0.2, 0.25) is 0 Å². The normalized spacial score (nSPS) is 11.8. The number of aromatic amines is 1. The van der Waals surface area contributed by atoms with Gasteiger partial charge in [-0.05, 0) is 43.7 Å². The number of fused-ring (bicyclic) bond motifs is 1. The van der Waals surface area contributed by atoms with Crippen molar-refractivity contribution in [3.8, 4) is 5.75 Å². The summed E-state index contributed by atoms with van der Waals surface area (Å²) in [5.74, 6) is 0.879. The fraction of sp³-hybridized carbons (Fsp3) is 0.188. The number of nitrogens with zero attached hydrogens (tertiary/aromatic N) is 1. The fourth-order valence-electron chi connectivity index (χ4n) is 2.16. The molecule has 3 aromatic rings. The van der Waals surface area contributed by atoms with E-state index in [-0.39, 0.29) is 6.10 Å². The van der Waals surface area contributed by atoms with Gasteiger partial charge in [-0.25, -0.2) is 4.98 Å². The van der Waals surface area contributed by atoms with Gasteiger partial charge in [0.1, 0.15) is 5.75 Å². The molecule has 2 aromatic heterocycles. The van der Waals surface area contributed by atoms with Crippen LogP contribution in [0.5, 0.6) is 5.75 Å². The lowest BCUT2D eigenvalue weighted by molar-refractivity contribution is 0.243. The number of thiazole rings is 1. The number of benzene rings is 1. The van der Waals surface area contributed by atoms with Crippen molar-refractivity contribution in [2.24, 2.45) is 0 Å². The number of ether oxygens (including phenoxy) is 1. The highest BCUT2D eigenvalue weighted by Gasteiger charge is 2.04. The zero-order chi connectivity index (χ0) is 14.8. The number of rotatable bonds is 4. The molecule has 2 heterocycles. The van der Waals surface area contributed by atoms with Gasteiger partial charge in [0, 0.05) is 22.5 Å². The third kappa shape index (κ3) is 3.08. The first-order valence-corrected chi connectivity index (χ1v) is 7.66. The highest BCUT2D eigenvalue weighted by molar-refractivity contribution is 7.13. The SMILES string of the molecule is CC(C)Oc1ccc2[nH]cc(/C=C/c3csc(N)n3)c2c1. The molecule has 0 fully saturated rings. The molecule has 108 valence electrons. The number of aromatic nitrogens is 2. The van der Waals surface area contributed by atoms with Crippen molar-refractivity contribution >= 4 is 39.5 Å². The van der Waals surface area contributed by atoms with E-state index < -0.39 is 0 Å². The van der Waals surface area contributed by atoms with Crippen LogP contribution in [0.4, 0.5) is 5.13 Å². The Kier molecular flexibility index (Phi) is 3.66. The molecule has 0 aliphatic heterocycles. The van der Waals surface area contributed by atoms with E-state index in [4.69, 9.17) is 10.5 Å². The van der Waals surface area contributed by atoms with Crippen molar-refractivity contribution < 1.29 is 4.74 Å². The highest BCUT2D eigenvalue weighted by atomic mass is 32.1. The average molecular weight is 299 g/mol. The van der Waals surface area contributed by atoms with Crippen LogP contribution in [-0.4, -0.2) is 16.1 Å².